The van der Waals surface area contributed by atoms with E-state index < -0.39 is 0 Å². The van der Waals surface area contributed by atoms with Gasteiger partial charge in [-0.05, 0) is 44.9 Å². The van der Waals surface area contributed by atoms with Gasteiger partial charge in [0.25, 0.3) is 0 Å². The van der Waals surface area contributed by atoms with Crippen LogP contribution in [0.1, 0.15) is 51.2 Å². The van der Waals surface area contributed by atoms with Crippen LogP contribution < -0.4 is 10.6 Å². The van der Waals surface area contributed by atoms with Crippen molar-refractivity contribution in [1.29, 1.82) is 0 Å². The van der Waals surface area contributed by atoms with Gasteiger partial charge in [-0.25, -0.2) is 0 Å². The van der Waals surface area contributed by atoms with E-state index in [1.807, 2.05) is 7.05 Å². The van der Waals surface area contributed by atoms with Gasteiger partial charge in [0.15, 0.2) is 5.96 Å². The van der Waals surface area contributed by atoms with E-state index in [2.05, 4.69) is 72.6 Å². The summed E-state index contributed by atoms with van der Waals surface area (Å²) >= 11 is 0. The summed E-state index contributed by atoms with van der Waals surface area (Å²) < 4.78 is 5.59. The molecule has 0 unspecified atom stereocenters. The Bertz CT molecular complexity index is 516. The van der Waals surface area contributed by atoms with E-state index in [1.165, 1.54) is 17.5 Å². The van der Waals surface area contributed by atoms with Gasteiger partial charge in [0.05, 0.1) is 0 Å². The van der Waals surface area contributed by atoms with Gasteiger partial charge in [0.2, 0.25) is 0 Å². The molecule has 148 valence electrons. The minimum atomic E-state index is 0.532. The lowest BCUT2D eigenvalue weighted by Crippen LogP contribution is -2.38. The van der Waals surface area contributed by atoms with Gasteiger partial charge in [0.1, 0.15) is 0 Å². The minimum Gasteiger partial charge on any atom is -0.381 e. The summed E-state index contributed by atoms with van der Waals surface area (Å²) in [5, 5.41) is 6.78. The molecule has 0 aromatic heterocycles. The molecule has 2 N–H and O–H groups in total. The van der Waals surface area contributed by atoms with E-state index >= 15 is 0 Å². The summed E-state index contributed by atoms with van der Waals surface area (Å²) in [4.78, 5) is 6.66. The minimum absolute atomic E-state index is 0.532. The van der Waals surface area contributed by atoms with Crippen molar-refractivity contribution in [2.75, 3.05) is 33.9 Å². The van der Waals surface area contributed by atoms with E-state index in [0.717, 1.165) is 51.6 Å². The molecular formula is C21H38N4O. The molecular weight excluding hydrogens is 324 g/mol. The lowest BCUT2D eigenvalue weighted by atomic mass is 10.1. The third-order valence-corrected chi connectivity index (χ3v) is 4.49. The van der Waals surface area contributed by atoms with Crippen LogP contribution in [0.25, 0.3) is 0 Å². The molecule has 0 aliphatic heterocycles. The first kappa shape index (κ1) is 22.5. The van der Waals surface area contributed by atoms with Crippen LogP contribution in [0, 0.1) is 0 Å². The monoisotopic (exact) mass is 362 g/mol. The van der Waals surface area contributed by atoms with Crippen LogP contribution >= 0.6 is 0 Å². The molecule has 0 aliphatic carbocycles. The zero-order valence-electron chi connectivity index (χ0n) is 17.3. The van der Waals surface area contributed by atoms with Crippen LogP contribution in [0.2, 0.25) is 0 Å². The van der Waals surface area contributed by atoms with Crippen LogP contribution in [0.4, 0.5) is 0 Å². The van der Waals surface area contributed by atoms with Crippen molar-refractivity contribution in [3.63, 3.8) is 0 Å². The highest BCUT2D eigenvalue weighted by Gasteiger charge is 2.08. The predicted octanol–water partition coefficient (Wildman–Crippen LogP) is 3.40. The van der Waals surface area contributed by atoms with Crippen molar-refractivity contribution in [2.45, 2.75) is 59.2 Å². The first-order chi connectivity index (χ1) is 12.6. The van der Waals surface area contributed by atoms with E-state index in [9.17, 15) is 0 Å². The Balaban J connectivity index is 2.39. The molecule has 0 amide bonds. The number of nitrogens with one attached hydrogen (secondary N) is 2. The van der Waals surface area contributed by atoms with Crippen LogP contribution in [-0.2, 0) is 17.8 Å². The fraction of sp³-hybridized carbons (Fsp3) is 0.667. The van der Waals surface area contributed by atoms with Gasteiger partial charge in [-0.15, -0.1) is 0 Å². The second-order valence-corrected chi connectivity index (χ2v) is 6.95. The number of hydrogen-bond donors (Lipinski definition) is 2. The standard InChI is InChI=1S/C21H38N4O/c1-6-7-14-26-15-10-13-23-21(22-4)24-16-19-11-8-9-12-20(19)17-25(5)18(2)3/h8-9,11-12,18H,6-7,10,13-17H2,1-5H3,(H2,22,23,24). The number of hydrogen-bond acceptors (Lipinski definition) is 3. The molecule has 0 radical (unpaired) electrons. The Hall–Kier alpha value is -1.59. The van der Waals surface area contributed by atoms with E-state index in [0.29, 0.717) is 6.04 Å². The quantitative estimate of drug-likeness (QED) is 0.340. The average molecular weight is 363 g/mol. The highest BCUT2D eigenvalue weighted by molar-refractivity contribution is 5.79. The van der Waals surface area contributed by atoms with Crippen molar-refractivity contribution < 1.29 is 4.74 Å². The topological polar surface area (TPSA) is 48.9 Å². The van der Waals surface area contributed by atoms with Crippen molar-refractivity contribution in [3.8, 4) is 0 Å². The highest BCUT2D eigenvalue weighted by atomic mass is 16.5. The maximum absolute atomic E-state index is 5.59. The SMILES string of the molecule is CCCCOCCCNC(=NC)NCc1ccccc1CN(C)C(C)C. The van der Waals surface area contributed by atoms with Gasteiger partial charge < -0.3 is 15.4 Å². The molecule has 5 nitrogen and oxygen atoms in total. The van der Waals surface area contributed by atoms with Gasteiger partial charge in [-0.1, -0.05) is 37.6 Å². The Kier molecular flexibility index (Phi) is 11.7. The van der Waals surface area contributed by atoms with Crippen LogP contribution in [0.5, 0.6) is 0 Å². The summed E-state index contributed by atoms with van der Waals surface area (Å²) in [6, 6.07) is 9.13. The third kappa shape index (κ3) is 9.20. The first-order valence-electron chi connectivity index (χ1n) is 9.87. The van der Waals surface area contributed by atoms with Gasteiger partial charge in [-0.2, -0.15) is 0 Å². The number of benzene rings is 1. The lowest BCUT2D eigenvalue weighted by Gasteiger charge is -2.23. The molecule has 1 aromatic rings. The van der Waals surface area contributed by atoms with Gasteiger partial charge in [0, 0.05) is 45.9 Å². The summed E-state index contributed by atoms with van der Waals surface area (Å²) in [6.45, 7) is 10.9. The number of guanidine groups is 1. The molecule has 1 aromatic carbocycles. The highest BCUT2D eigenvalue weighted by Crippen LogP contribution is 2.12. The molecule has 0 saturated heterocycles. The van der Waals surface area contributed by atoms with Crippen LogP contribution in [-0.4, -0.2) is 50.8 Å². The second-order valence-electron chi connectivity index (χ2n) is 6.95. The molecule has 0 saturated carbocycles. The maximum atomic E-state index is 5.59. The Morgan fingerprint density at radius 1 is 1.12 bits per heavy atom. The smallest absolute Gasteiger partial charge is 0.191 e. The predicted molar refractivity (Wildman–Crippen MR) is 112 cm³/mol. The third-order valence-electron chi connectivity index (χ3n) is 4.49. The number of unbranched alkanes of at least 4 members (excludes halogenated alkanes) is 1. The number of nitrogens with zero attached hydrogens (tertiary/aromatic N) is 2. The summed E-state index contributed by atoms with van der Waals surface area (Å²) in [5.41, 5.74) is 2.67. The lowest BCUT2D eigenvalue weighted by molar-refractivity contribution is 0.129. The van der Waals surface area contributed by atoms with E-state index in [-0.39, 0.29) is 0 Å². The fourth-order valence-electron chi connectivity index (χ4n) is 2.46. The average Bonchev–Trinajstić information content (AvgIpc) is 2.64. The number of aliphatic imine (C=N–C) groups is 1. The van der Waals surface area contributed by atoms with Crippen LogP contribution in [0.15, 0.2) is 29.3 Å². The maximum Gasteiger partial charge on any atom is 0.191 e. The van der Waals surface area contributed by atoms with Crippen molar-refractivity contribution in [1.82, 2.24) is 15.5 Å². The molecule has 5 heteroatoms. The molecule has 0 spiro atoms. The fourth-order valence-corrected chi connectivity index (χ4v) is 2.46. The number of ether oxygens (including phenoxy) is 1. The molecule has 1 rings (SSSR count). The molecule has 0 heterocycles. The van der Waals surface area contributed by atoms with Crippen molar-refractivity contribution in [2.24, 2.45) is 4.99 Å². The second kappa shape index (κ2) is 13.6. The largest absolute Gasteiger partial charge is 0.381 e. The molecule has 26 heavy (non-hydrogen) atoms. The Morgan fingerprint density at radius 2 is 1.81 bits per heavy atom. The van der Waals surface area contributed by atoms with Crippen molar-refractivity contribution in [3.05, 3.63) is 35.4 Å². The summed E-state index contributed by atoms with van der Waals surface area (Å²) in [5.74, 6) is 0.838. The summed E-state index contributed by atoms with van der Waals surface area (Å²) in [7, 11) is 3.98. The Morgan fingerprint density at radius 3 is 2.46 bits per heavy atom. The Labute approximate surface area is 160 Å². The molecule has 0 fully saturated rings. The van der Waals surface area contributed by atoms with Gasteiger partial charge in [-0.3, -0.25) is 9.89 Å². The molecule has 0 atom stereocenters. The van der Waals surface area contributed by atoms with Crippen LogP contribution in [0.3, 0.4) is 0 Å². The zero-order chi connectivity index (χ0) is 19.2. The number of rotatable bonds is 12. The van der Waals surface area contributed by atoms with Crippen molar-refractivity contribution >= 4 is 5.96 Å². The first-order valence-corrected chi connectivity index (χ1v) is 9.87. The molecule has 0 aliphatic rings. The summed E-state index contributed by atoms with van der Waals surface area (Å²) in [6.07, 6.45) is 3.31. The van der Waals surface area contributed by atoms with E-state index in [4.69, 9.17) is 4.74 Å². The normalized spacial score (nSPS) is 12.0. The van der Waals surface area contributed by atoms with Gasteiger partial charge >= 0.3 is 0 Å². The van der Waals surface area contributed by atoms with E-state index in [1.54, 1.807) is 0 Å². The zero-order valence-corrected chi connectivity index (χ0v) is 17.3. The molecule has 0 bridgehead atoms.